The first kappa shape index (κ1) is 21.4. The van der Waals surface area contributed by atoms with Crippen molar-refractivity contribution >= 4 is 34.7 Å². The van der Waals surface area contributed by atoms with Gasteiger partial charge in [-0.05, 0) is 48.6 Å². The van der Waals surface area contributed by atoms with Crippen LogP contribution in [0.2, 0.25) is 5.02 Å². The third-order valence-electron chi connectivity index (χ3n) is 6.02. The summed E-state index contributed by atoms with van der Waals surface area (Å²) in [5.74, 6) is 0.0647. The van der Waals surface area contributed by atoms with Crippen LogP contribution in [0.4, 0.5) is 11.4 Å². The van der Waals surface area contributed by atoms with E-state index in [-0.39, 0.29) is 29.7 Å². The molecule has 5 nitrogen and oxygen atoms in total. The summed E-state index contributed by atoms with van der Waals surface area (Å²) in [6, 6.07) is 15.2. The van der Waals surface area contributed by atoms with Crippen LogP contribution in [0, 0.1) is 5.41 Å². The minimum Gasteiger partial charge on any atom is -0.357 e. The van der Waals surface area contributed by atoms with E-state index in [1.165, 1.54) is 0 Å². The van der Waals surface area contributed by atoms with Crippen LogP contribution in [0.3, 0.4) is 0 Å². The first-order valence-corrected chi connectivity index (χ1v) is 11.0. The number of hydrogen-bond acceptors (Lipinski definition) is 4. The highest BCUT2D eigenvalue weighted by molar-refractivity contribution is 6.30. The Bertz CT molecular complexity index is 1040. The highest BCUT2D eigenvalue weighted by Gasteiger charge is 2.39. The van der Waals surface area contributed by atoms with Crippen LogP contribution in [0.15, 0.2) is 59.8 Å². The van der Waals surface area contributed by atoms with Crippen molar-refractivity contribution in [3.05, 3.63) is 70.4 Å². The van der Waals surface area contributed by atoms with Gasteiger partial charge in [-0.2, -0.15) is 0 Å². The maximum absolute atomic E-state index is 13.1. The van der Waals surface area contributed by atoms with Gasteiger partial charge in [0.2, 0.25) is 5.91 Å². The quantitative estimate of drug-likeness (QED) is 0.712. The van der Waals surface area contributed by atoms with Crippen molar-refractivity contribution in [3.63, 3.8) is 0 Å². The number of fused-ring (bicyclic) bond motifs is 1. The van der Waals surface area contributed by atoms with Crippen molar-refractivity contribution in [3.8, 4) is 0 Å². The zero-order valence-electron chi connectivity index (χ0n) is 18.2. The predicted molar refractivity (Wildman–Crippen MR) is 125 cm³/mol. The monoisotopic (exact) mass is 437 g/mol. The number of nitrogens with zero attached hydrogens (tertiary/aromatic N) is 1. The number of hydrogen-bond donors (Lipinski definition) is 2. The van der Waals surface area contributed by atoms with E-state index in [4.69, 9.17) is 11.6 Å². The molecule has 1 aliphatic heterocycles. The maximum Gasteiger partial charge on any atom is 0.239 e. The van der Waals surface area contributed by atoms with Crippen molar-refractivity contribution in [2.45, 2.75) is 46.2 Å². The molecule has 1 aliphatic carbocycles. The summed E-state index contributed by atoms with van der Waals surface area (Å²) in [6.45, 7) is 6.86. The van der Waals surface area contributed by atoms with Crippen molar-refractivity contribution in [2.24, 2.45) is 5.41 Å². The standard InChI is InChI=1S/C25H28ClN3O2/c1-16-24-20(12-25(2,3)13-22(24)30)28-19-6-4-5-7-21(19)29(16)15-23(31)27-14-17-8-10-18(26)11-9-17/h4-11,16,28H,12-15H2,1-3H3,(H,27,31). The van der Waals surface area contributed by atoms with Crippen LogP contribution in [0.25, 0.3) is 0 Å². The minimum atomic E-state index is -0.198. The van der Waals surface area contributed by atoms with Gasteiger partial charge in [0.05, 0.1) is 24.0 Å². The molecule has 0 fully saturated rings. The molecule has 1 atom stereocenters. The minimum absolute atomic E-state index is 0.0806. The van der Waals surface area contributed by atoms with E-state index in [1.54, 1.807) is 0 Å². The molecule has 31 heavy (non-hydrogen) atoms. The van der Waals surface area contributed by atoms with E-state index < -0.39 is 0 Å². The Kier molecular flexibility index (Phi) is 5.80. The Morgan fingerprint density at radius 2 is 1.87 bits per heavy atom. The number of ketones is 1. The number of amides is 1. The second kappa shape index (κ2) is 8.39. The van der Waals surface area contributed by atoms with Crippen LogP contribution in [-0.2, 0) is 16.1 Å². The second-order valence-electron chi connectivity index (χ2n) is 9.18. The lowest BCUT2D eigenvalue weighted by atomic mass is 9.74. The molecule has 0 spiro atoms. The molecule has 2 aromatic carbocycles. The summed E-state index contributed by atoms with van der Waals surface area (Å²) in [5, 5.41) is 7.17. The molecule has 2 aliphatic rings. The van der Waals surface area contributed by atoms with Crippen molar-refractivity contribution < 1.29 is 9.59 Å². The summed E-state index contributed by atoms with van der Waals surface area (Å²) >= 11 is 5.94. The number of benzene rings is 2. The third-order valence-corrected chi connectivity index (χ3v) is 6.27. The van der Waals surface area contributed by atoms with E-state index in [9.17, 15) is 9.59 Å². The molecule has 0 saturated heterocycles. The average molecular weight is 438 g/mol. The summed E-state index contributed by atoms with van der Waals surface area (Å²) < 4.78 is 0. The molecular weight excluding hydrogens is 410 g/mol. The first-order valence-electron chi connectivity index (χ1n) is 10.6. The molecule has 6 heteroatoms. The Balaban J connectivity index is 1.58. The zero-order chi connectivity index (χ0) is 22.2. The smallest absolute Gasteiger partial charge is 0.239 e. The number of carbonyl (C=O) groups excluding carboxylic acids is 2. The van der Waals surface area contributed by atoms with Gasteiger partial charge in [-0.15, -0.1) is 0 Å². The largest absolute Gasteiger partial charge is 0.357 e. The first-order chi connectivity index (χ1) is 14.7. The average Bonchev–Trinajstić information content (AvgIpc) is 2.81. The normalized spacial score (nSPS) is 19.8. The molecular formula is C25H28ClN3O2. The fourth-order valence-electron chi connectivity index (χ4n) is 4.52. The maximum atomic E-state index is 13.1. The topological polar surface area (TPSA) is 61.4 Å². The summed E-state index contributed by atoms with van der Waals surface area (Å²) in [5.41, 5.74) is 4.53. The highest BCUT2D eigenvalue weighted by Crippen LogP contribution is 2.43. The third kappa shape index (κ3) is 4.62. The van der Waals surface area contributed by atoms with E-state index in [1.807, 2.05) is 60.4 Å². The van der Waals surface area contributed by atoms with Crippen LogP contribution < -0.4 is 15.5 Å². The lowest BCUT2D eigenvalue weighted by Crippen LogP contribution is -2.44. The number of halogens is 1. The number of allylic oxidation sites excluding steroid dienone is 1. The van der Waals surface area contributed by atoms with Crippen LogP contribution in [-0.4, -0.2) is 24.3 Å². The fourth-order valence-corrected chi connectivity index (χ4v) is 4.65. The van der Waals surface area contributed by atoms with Gasteiger partial charge < -0.3 is 15.5 Å². The van der Waals surface area contributed by atoms with Gasteiger partial charge in [0, 0.05) is 29.3 Å². The van der Waals surface area contributed by atoms with Crippen molar-refractivity contribution in [1.82, 2.24) is 5.32 Å². The van der Waals surface area contributed by atoms with E-state index >= 15 is 0 Å². The Labute approximate surface area is 188 Å². The van der Waals surface area contributed by atoms with Gasteiger partial charge in [0.25, 0.3) is 0 Å². The summed E-state index contributed by atoms with van der Waals surface area (Å²) in [4.78, 5) is 28.0. The predicted octanol–water partition coefficient (Wildman–Crippen LogP) is 4.92. The van der Waals surface area contributed by atoms with Crippen LogP contribution in [0.5, 0.6) is 0 Å². The number of nitrogens with one attached hydrogen (secondary N) is 2. The molecule has 162 valence electrons. The highest BCUT2D eigenvalue weighted by atomic mass is 35.5. The van der Waals surface area contributed by atoms with Gasteiger partial charge in [0.15, 0.2) is 5.78 Å². The number of para-hydroxylation sites is 2. The molecule has 0 radical (unpaired) electrons. The zero-order valence-corrected chi connectivity index (χ0v) is 18.9. The van der Waals surface area contributed by atoms with Gasteiger partial charge in [-0.1, -0.05) is 49.7 Å². The fraction of sp³-hybridized carbons (Fsp3) is 0.360. The summed E-state index contributed by atoms with van der Waals surface area (Å²) in [7, 11) is 0. The van der Waals surface area contributed by atoms with Crippen molar-refractivity contribution in [1.29, 1.82) is 0 Å². The Morgan fingerprint density at radius 3 is 2.61 bits per heavy atom. The molecule has 1 amide bonds. The van der Waals surface area contributed by atoms with E-state index in [2.05, 4.69) is 24.5 Å². The molecule has 1 heterocycles. The number of Topliss-reactive ketones (excluding diaryl/α,β-unsaturated/α-hetero) is 1. The van der Waals surface area contributed by atoms with Crippen LogP contribution in [0.1, 0.15) is 39.2 Å². The van der Waals surface area contributed by atoms with Gasteiger partial charge >= 0.3 is 0 Å². The van der Waals surface area contributed by atoms with Gasteiger partial charge in [0.1, 0.15) is 0 Å². The lowest BCUT2D eigenvalue weighted by molar-refractivity contribution is -0.120. The SMILES string of the molecule is CC1C2=C(CC(C)(C)CC2=O)Nc2ccccc2N1CC(=O)NCc1ccc(Cl)cc1. The van der Waals surface area contributed by atoms with Crippen molar-refractivity contribution in [2.75, 3.05) is 16.8 Å². The molecule has 1 unspecified atom stereocenters. The summed E-state index contributed by atoms with van der Waals surface area (Å²) in [6.07, 6.45) is 1.33. The Hall–Kier alpha value is -2.79. The van der Waals surface area contributed by atoms with Gasteiger partial charge in [-0.3, -0.25) is 9.59 Å². The number of anilines is 2. The number of carbonyl (C=O) groups is 2. The molecule has 0 saturated carbocycles. The van der Waals surface area contributed by atoms with Crippen LogP contribution >= 0.6 is 11.6 Å². The van der Waals surface area contributed by atoms with E-state index in [0.29, 0.717) is 18.0 Å². The van der Waals surface area contributed by atoms with Gasteiger partial charge in [-0.25, -0.2) is 0 Å². The molecule has 2 aromatic rings. The molecule has 4 rings (SSSR count). The second-order valence-corrected chi connectivity index (χ2v) is 9.62. The molecule has 0 aromatic heterocycles. The lowest BCUT2D eigenvalue weighted by Gasteiger charge is -2.36. The Morgan fingerprint density at radius 1 is 1.16 bits per heavy atom. The molecule has 2 N–H and O–H groups in total. The molecule has 0 bridgehead atoms. The van der Waals surface area contributed by atoms with E-state index in [0.717, 1.165) is 34.6 Å². The number of rotatable bonds is 4.